The van der Waals surface area contributed by atoms with Crippen LogP contribution in [-0.4, -0.2) is 95.2 Å². The zero-order valence-corrected chi connectivity index (χ0v) is 33.7. The van der Waals surface area contributed by atoms with E-state index in [0.717, 1.165) is 120 Å². The van der Waals surface area contributed by atoms with E-state index in [0.29, 0.717) is 28.6 Å². The molecule has 3 fully saturated rings. The predicted octanol–water partition coefficient (Wildman–Crippen LogP) is 8.18. The van der Waals surface area contributed by atoms with Crippen molar-refractivity contribution >= 4 is 34.4 Å². The maximum atomic E-state index is 13.7. The molecule has 306 valence electrons. The maximum absolute atomic E-state index is 13.7. The number of hydrogen-bond acceptors (Lipinski definition) is 9. The molecule has 3 N–H and O–H groups in total. The lowest BCUT2D eigenvalue weighted by Gasteiger charge is -2.39. The number of nitrogen functional groups attached to an aromatic ring is 1. The van der Waals surface area contributed by atoms with Crippen LogP contribution in [-0.2, 0) is 15.7 Å². The number of piperazine rings is 1. The molecule has 1 atom stereocenters. The average Bonchev–Trinajstić information content (AvgIpc) is 3.15. The van der Waals surface area contributed by atoms with E-state index in [1.807, 2.05) is 42.7 Å². The molecule has 0 unspecified atom stereocenters. The molecule has 0 bridgehead atoms. The molecule has 1 saturated carbocycles. The van der Waals surface area contributed by atoms with Gasteiger partial charge in [0.15, 0.2) is 0 Å². The van der Waals surface area contributed by atoms with Crippen molar-refractivity contribution in [3.8, 4) is 5.75 Å². The van der Waals surface area contributed by atoms with Gasteiger partial charge in [-0.2, -0.15) is 13.2 Å². The third kappa shape index (κ3) is 10.1. The minimum atomic E-state index is -4.52. The van der Waals surface area contributed by atoms with Gasteiger partial charge in [-0.3, -0.25) is 9.69 Å². The second-order valence-corrected chi connectivity index (χ2v) is 16.9. The highest BCUT2D eigenvalue weighted by Gasteiger charge is 2.34. The highest BCUT2D eigenvalue weighted by Crippen LogP contribution is 2.43. The number of rotatable bonds is 9. The first-order valence-corrected chi connectivity index (χ1v) is 20.1. The number of nitrogens with zero attached hydrogens (tertiary/aromatic N) is 5. The number of alkyl halides is 3. The molecule has 2 aromatic carbocycles. The van der Waals surface area contributed by atoms with Crippen molar-refractivity contribution in [3.63, 3.8) is 0 Å². The number of piperidine rings is 1. The van der Waals surface area contributed by atoms with E-state index in [-0.39, 0.29) is 29.5 Å². The summed E-state index contributed by atoms with van der Waals surface area (Å²) in [6.45, 7) is 15.0. The summed E-state index contributed by atoms with van der Waals surface area (Å²) in [4.78, 5) is 41.8. The molecule has 3 aromatic rings. The Morgan fingerprint density at radius 2 is 1.59 bits per heavy atom. The monoisotopic (exact) mass is 781 g/mol. The zero-order valence-electron chi connectivity index (χ0n) is 33.7. The maximum Gasteiger partial charge on any atom is 0.416 e. The third-order valence-corrected chi connectivity index (χ3v) is 11.6. The number of carbonyl (C=O) groups is 2. The van der Waals surface area contributed by atoms with Gasteiger partial charge < -0.3 is 30.3 Å². The minimum absolute atomic E-state index is 0.0108. The number of likely N-dealkylation sites (tertiary alicyclic amines) is 1. The number of halogens is 3. The Hall–Kier alpha value is -4.33. The van der Waals surface area contributed by atoms with Crippen LogP contribution < -0.4 is 15.8 Å². The van der Waals surface area contributed by atoms with Crippen LogP contribution in [0.4, 0.5) is 29.5 Å². The van der Waals surface area contributed by atoms with Gasteiger partial charge in [-0.25, -0.2) is 14.8 Å². The second-order valence-electron chi connectivity index (χ2n) is 16.9. The summed E-state index contributed by atoms with van der Waals surface area (Å²) in [6, 6.07) is 7.01. The molecule has 56 heavy (non-hydrogen) atoms. The van der Waals surface area contributed by atoms with Crippen LogP contribution in [0.5, 0.6) is 5.75 Å². The molecule has 2 saturated heterocycles. The number of benzene rings is 2. The van der Waals surface area contributed by atoms with Crippen molar-refractivity contribution in [2.75, 3.05) is 64.0 Å². The van der Waals surface area contributed by atoms with Crippen LogP contribution in [0, 0.1) is 18.8 Å². The fourth-order valence-electron chi connectivity index (χ4n) is 8.47. The Balaban J connectivity index is 1.02. The molecule has 11 nitrogen and oxygen atoms in total. The normalized spacial score (nSPS) is 20.9. The highest BCUT2D eigenvalue weighted by molar-refractivity contribution is 5.91. The van der Waals surface area contributed by atoms with Gasteiger partial charge in [0, 0.05) is 62.3 Å². The van der Waals surface area contributed by atoms with Crippen molar-refractivity contribution in [2.24, 2.45) is 11.8 Å². The molecular weight excluding hydrogens is 724 g/mol. The molecule has 2 amide bonds. The molecule has 3 heterocycles. The molecule has 1 aromatic heterocycles. The van der Waals surface area contributed by atoms with Gasteiger partial charge in [-0.05, 0) is 133 Å². The number of ether oxygens (including phenoxy) is 2. The number of hydrogen-bond donors (Lipinski definition) is 2. The van der Waals surface area contributed by atoms with E-state index < -0.39 is 23.4 Å². The first-order valence-electron chi connectivity index (χ1n) is 20.1. The van der Waals surface area contributed by atoms with Gasteiger partial charge in [-0.15, -0.1) is 0 Å². The quantitative estimate of drug-likeness (QED) is 0.207. The fourth-order valence-corrected chi connectivity index (χ4v) is 8.47. The molecule has 0 spiro atoms. The topological polar surface area (TPSA) is 126 Å². The number of nitrogens with two attached hydrogens (primary N) is 1. The molecule has 1 aliphatic carbocycles. The Bertz CT molecular complexity index is 1860. The lowest BCUT2D eigenvalue weighted by Crippen LogP contribution is -2.51. The lowest BCUT2D eigenvalue weighted by atomic mass is 9.77. The largest absolute Gasteiger partial charge is 0.496 e. The van der Waals surface area contributed by atoms with Crippen LogP contribution in [0.15, 0.2) is 30.3 Å². The van der Waals surface area contributed by atoms with E-state index in [9.17, 15) is 22.8 Å². The van der Waals surface area contributed by atoms with Crippen molar-refractivity contribution < 1.29 is 32.2 Å². The molecule has 2 aliphatic heterocycles. The first kappa shape index (κ1) is 41.3. The standard InChI is InChI=1S/C42H58F3N7O4/c1-26(31-21-32(42(43,44)45)23-33(46)22-31)47-38-35-24-34(37(55-6)25-36(35)48-27(2)49-38)29-7-9-30(10-8-29)39(53)51-19-17-50(18-20-51)14-11-28-12-15-52(16-13-28)40(54)56-41(3,4)5/h21-26,28-30H,7-20,46H2,1-6H3,(H,47,48,49)/t26-,29?,30?/m1/s1. The minimum Gasteiger partial charge on any atom is -0.496 e. The van der Waals surface area contributed by atoms with Crippen LogP contribution in [0.3, 0.4) is 0 Å². The number of amides is 2. The number of fused-ring (bicyclic) bond motifs is 1. The molecule has 0 radical (unpaired) electrons. The summed E-state index contributed by atoms with van der Waals surface area (Å²) in [6.07, 6.45) is 1.60. The number of anilines is 2. The van der Waals surface area contributed by atoms with Gasteiger partial charge >= 0.3 is 12.3 Å². The van der Waals surface area contributed by atoms with Crippen molar-refractivity contribution in [2.45, 2.75) is 103 Å². The number of aryl methyl sites for hydroxylation is 1. The van der Waals surface area contributed by atoms with Gasteiger partial charge in [0.2, 0.25) is 5.91 Å². The number of carbonyl (C=O) groups excluding carboxylic acids is 2. The van der Waals surface area contributed by atoms with E-state index >= 15 is 0 Å². The van der Waals surface area contributed by atoms with Crippen LogP contribution in [0.2, 0.25) is 0 Å². The molecule has 3 aliphatic rings. The van der Waals surface area contributed by atoms with Crippen LogP contribution in [0.25, 0.3) is 10.9 Å². The van der Waals surface area contributed by atoms with E-state index in [1.165, 1.54) is 0 Å². The summed E-state index contributed by atoms with van der Waals surface area (Å²) in [5.41, 5.74) is 6.71. The molecular formula is C42H58F3N7O4. The predicted molar refractivity (Wildman–Crippen MR) is 212 cm³/mol. The number of methoxy groups -OCH3 is 1. The van der Waals surface area contributed by atoms with E-state index in [4.69, 9.17) is 15.2 Å². The Labute approximate surface area is 328 Å². The van der Waals surface area contributed by atoms with Crippen LogP contribution >= 0.6 is 0 Å². The van der Waals surface area contributed by atoms with E-state index in [2.05, 4.69) is 20.2 Å². The molecule has 6 rings (SSSR count). The van der Waals surface area contributed by atoms with Gasteiger partial charge in [-0.1, -0.05) is 0 Å². The Morgan fingerprint density at radius 1 is 0.911 bits per heavy atom. The fraction of sp³-hybridized carbons (Fsp3) is 0.619. The summed E-state index contributed by atoms with van der Waals surface area (Å²) in [7, 11) is 1.64. The number of aromatic nitrogens is 2. The SMILES string of the molecule is COc1cc2nc(C)nc(N[C@H](C)c3cc(N)cc(C(F)(F)F)c3)c2cc1C1CCC(C(=O)N2CCN(CCC3CCN(C(=O)OC(C)(C)C)CC3)CC2)CC1. The van der Waals surface area contributed by atoms with Gasteiger partial charge in [0.05, 0.1) is 24.2 Å². The summed E-state index contributed by atoms with van der Waals surface area (Å²) >= 11 is 0. The van der Waals surface area contributed by atoms with Gasteiger partial charge in [0.25, 0.3) is 0 Å². The lowest BCUT2D eigenvalue weighted by molar-refractivity contribution is -0.138. The summed E-state index contributed by atoms with van der Waals surface area (Å²) in [5.74, 6) is 2.76. The average molecular weight is 782 g/mol. The Kier molecular flexibility index (Phi) is 12.6. The Morgan fingerprint density at radius 3 is 2.21 bits per heavy atom. The van der Waals surface area contributed by atoms with Gasteiger partial charge in [0.1, 0.15) is 23.0 Å². The second kappa shape index (κ2) is 17.0. The smallest absolute Gasteiger partial charge is 0.416 e. The highest BCUT2D eigenvalue weighted by atomic mass is 19.4. The van der Waals surface area contributed by atoms with Crippen molar-refractivity contribution in [3.05, 3.63) is 52.8 Å². The summed E-state index contributed by atoms with van der Waals surface area (Å²) in [5, 5.41) is 4.08. The third-order valence-electron chi connectivity index (χ3n) is 11.6. The zero-order chi connectivity index (χ0) is 40.4. The summed E-state index contributed by atoms with van der Waals surface area (Å²) < 4.78 is 52.1. The first-order chi connectivity index (χ1) is 26.5. The van der Waals surface area contributed by atoms with Crippen molar-refractivity contribution in [1.29, 1.82) is 0 Å². The molecule has 14 heteroatoms. The van der Waals surface area contributed by atoms with Crippen LogP contribution in [0.1, 0.15) is 107 Å². The van der Waals surface area contributed by atoms with E-state index in [1.54, 1.807) is 27.0 Å². The van der Waals surface area contributed by atoms with Crippen molar-refractivity contribution in [1.82, 2.24) is 24.7 Å². The number of nitrogens with one attached hydrogen (secondary N) is 1.